The number of carbonyl (C=O) groups is 2. The van der Waals surface area contributed by atoms with Gasteiger partial charge in [-0.1, -0.05) is 11.6 Å². The second kappa shape index (κ2) is 12.0. The van der Waals surface area contributed by atoms with E-state index in [-0.39, 0.29) is 17.5 Å². The Morgan fingerprint density at radius 3 is 2.70 bits per heavy atom. The second-order valence-corrected chi connectivity index (χ2v) is 8.46. The lowest BCUT2D eigenvalue weighted by molar-refractivity contribution is -0.117. The number of halogens is 1. The van der Waals surface area contributed by atoms with Crippen LogP contribution in [0.2, 0.25) is 5.02 Å². The van der Waals surface area contributed by atoms with Gasteiger partial charge >= 0.3 is 5.97 Å². The number of aromatic carboxylic acids is 1. The molecule has 2 aromatic carbocycles. The van der Waals surface area contributed by atoms with Gasteiger partial charge in [0, 0.05) is 34.9 Å². The molecule has 1 amide bonds. The highest BCUT2D eigenvalue weighted by atomic mass is 35.5. The molecule has 0 aliphatic rings. The highest BCUT2D eigenvalue weighted by Crippen LogP contribution is 2.20. The number of amides is 1. The maximum absolute atomic E-state index is 12.6. The summed E-state index contributed by atoms with van der Waals surface area (Å²) in [5.74, 6) is -0.334. The number of carboxylic acid groups (broad SMARTS) is 1. The molecule has 0 aliphatic carbocycles. The standard InChI is InChI=1S/C22H23ClN6O3S/c1-33-11-10-19(13-24-18-6-2-15(3-7-18)22(31)32)26-21(30)9-4-16-12-17(23)5-8-20(16)29-14-25-27-28-29/h2-9,12,14,19,24H,10-11,13H2,1H3,(H,26,30)(H,31,32)/b9-4+/t19-/m0/s1. The van der Waals surface area contributed by atoms with E-state index in [1.165, 1.54) is 29.2 Å². The van der Waals surface area contributed by atoms with E-state index in [1.807, 2.05) is 6.26 Å². The molecule has 0 saturated heterocycles. The summed E-state index contributed by atoms with van der Waals surface area (Å²) in [6.07, 6.45) is 7.37. The Morgan fingerprint density at radius 1 is 1.24 bits per heavy atom. The smallest absolute Gasteiger partial charge is 0.335 e. The molecule has 33 heavy (non-hydrogen) atoms. The molecule has 3 N–H and O–H groups in total. The molecule has 0 radical (unpaired) electrons. The molecule has 0 saturated carbocycles. The first kappa shape index (κ1) is 24.3. The Kier molecular flexibility index (Phi) is 8.85. The lowest BCUT2D eigenvalue weighted by Gasteiger charge is -2.19. The van der Waals surface area contributed by atoms with Gasteiger partial charge in [-0.05, 0) is 77.4 Å². The van der Waals surface area contributed by atoms with E-state index in [2.05, 4.69) is 26.2 Å². The number of nitrogens with one attached hydrogen (secondary N) is 2. The number of hydrogen-bond acceptors (Lipinski definition) is 7. The Bertz CT molecular complexity index is 1110. The Balaban J connectivity index is 1.64. The molecular formula is C22H23ClN6O3S. The summed E-state index contributed by atoms with van der Waals surface area (Å²) >= 11 is 7.82. The summed E-state index contributed by atoms with van der Waals surface area (Å²) in [7, 11) is 0. The fraction of sp³-hybridized carbons (Fsp3) is 0.227. The zero-order chi connectivity index (χ0) is 23.6. The zero-order valence-electron chi connectivity index (χ0n) is 17.8. The number of hydrogen-bond donors (Lipinski definition) is 3. The van der Waals surface area contributed by atoms with Crippen molar-refractivity contribution >= 4 is 47.0 Å². The van der Waals surface area contributed by atoms with Crippen LogP contribution in [0.5, 0.6) is 0 Å². The molecule has 3 aromatic rings. The van der Waals surface area contributed by atoms with E-state index in [0.29, 0.717) is 22.8 Å². The van der Waals surface area contributed by atoms with Crippen LogP contribution in [0.3, 0.4) is 0 Å². The molecule has 3 rings (SSSR count). The van der Waals surface area contributed by atoms with E-state index in [9.17, 15) is 9.59 Å². The fourth-order valence-electron chi connectivity index (χ4n) is 3.01. The SMILES string of the molecule is CSCC[C@@H](CNc1ccc(C(=O)O)cc1)NC(=O)/C=C/c1cc(Cl)ccc1-n1cnnn1. The molecular weight excluding hydrogens is 464 g/mol. The first-order valence-electron chi connectivity index (χ1n) is 10.0. The average molecular weight is 487 g/mol. The predicted octanol–water partition coefficient (Wildman–Crippen LogP) is 3.38. The lowest BCUT2D eigenvalue weighted by Crippen LogP contribution is -2.39. The van der Waals surface area contributed by atoms with Crippen molar-refractivity contribution in [2.45, 2.75) is 12.5 Å². The van der Waals surface area contributed by atoms with Crippen LogP contribution in [0, 0.1) is 0 Å². The summed E-state index contributed by atoms with van der Waals surface area (Å²) < 4.78 is 1.49. The number of anilines is 1. The highest BCUT2D eigenvalue weighted by molar-refractivity contribution is 7.98. The van der Waals surface area contributed by atoms with Gasteiger partial charge in [0.15, 0.2) is 0 Å². The van der Waals surface area contributed by atoms with E-state index >= 15 is 0 Å². The third-order valence-electron chi connectivity index (χ3n) is 4.70. The van der Waals surface area contributed by atoms with Crippen LogP contribution in [0.4, 0.5) is 5.69 Å². The van der Waals surface area contributed by atoms with Crippen molar-refractivity contribution in [3.8, 4) is 5.69 Å². The minimum atomic E-state index is -0.971. The summed E-state index contributed by atoms with van der Waals surface area (Å²) in [5.41, 5.74) is 2.39. The normalized spacial score (nSPS) is 11.9. The van der Waals surface area contributed by atoms with Gasteiger partial charge in [-0.25, -0.2) is 4.79 Å². The third kappa shape index (κ3) is 7.33. The molecule has 0 unspecified atom stereocenters. The molecule has 0 spiro atoms. The molecule has 172 valence electrons. The van der Waals surface area contributed by atoms with E-state index in [0.717, 1.165) is 17.9 Å². The van der Waals surface area contributed by atoms with Gasteiger partial charge in [0.1, 0.15) is 6.33 Å². The third-order valence-corrected chi connectivity index (χ3v) is 5.58. The predicted molar refractivity (Wildman–Crippen MR) is 130 cm³/mol. The highest BCUT2D eigenvalue weighted by Gasteiger charge is 2.12. The van der Waals surface area contributed by atoms with Gasteiger partial charge in [-0.3, -0.25) is 4.79 Å². The van der Waals surface area contributed by atoms with Crippen molar-refractivity contribution in [3.63, 3.8) is 0 Å². The van der Waals surface area contributed by atoms with E-state index < -0.39 is 5.97 Å². The van der Waals surface area contributed by atoms with Gasteiger partial charge in [0.25, 0.3) is 0 Å². The van der Waals surface area contributed by atoms with Crippen molar-refractivity contribution in [2.24, 2.45) is 0 Å². The molecule has 1 heterocycles. The maximum Gasteiger partial charge on any atom is 0.335 e. The van der Waals surface area contributed by atoms with Crippen LogP contribution in [0.25, 0.3) is 11.8 Å². The van der Waals surface area contributed by atoms with Crippen molar-refractivity contribution in [3.05, 3.63) is 71.0 Å². The van der Waals surface area contributed by atoms with Crippen molar-refractivity contribution < 1.29 is 14.7 Å². The van der Waals surface area contributed by atoms with Gasteiger partial charge in [0.05, 0.1) is 11.3 Å². The topological polar surface area (TPSA) is 122 Å². The van der Waals surface area contributed by atoms with Crippen LogP contribution in [0.1, 0.15) is 22.3 Å². The van der Waals surface area contributed by atoms with Gasteiger partial charge in [-0.15, -0.1) is 5.10 Å². The minimum Gasteiger partial charge on any atom is -0.478 e. The Labute approximate surface area is 200 Å². The van der Waals surface area contributed by atoms with Crippen LogP contribution in [-0.2, 0) is 4.79 Å². The zero-order valence-corrected chi connectivity index (χ0v) is 19.4. The molecule has 0 bridgehead atoms. The second-order valence-electron chi connectivity index (χ2n) is 7.04. The van der Waals surface area contributed by atoms with Crippen LogP contribution in [-0.4, -0.2) is 61.8 Å². The fourth-order valence-corrected chi connectivity index (χ4v) is 3.71. The van der Waals surface area contributed by atoms with Crippen LogP contribution >= 0.6 is 23.4 Å². The molecule has 11 heteroatoms. The monoisotopic (exact) mass is 486 g/mol. The Morgan fingerprint density at radius 2 is 2.03 bits per heavy atom. The maximum atomic E-state index is 12.6. The van der Waals surface area contributed by atoms with Gasteiger partial charge in [-0.2, -0.15) is 16.4 Å². The summed E-state index contributed by atoms with van der Waals surface area (Å²) in [6, 6.07) is 11.6. The number of carbonyl (C=O) groups excluding carboxylic acids is 1. The summed E-state index contributed by atoms with van der Waals surface area (Å²) in [6.45, 7) is 0.500. The van der Waals surface area contributed by atoms with Crippen LogP contribution in [0.15, 0.2) is 54.9 Å². The molecule has 9 nitrogen and oxygen atoms in total. The molecule has 1 aromatic heterocycles. The number of thioether (sulfide) groups is 1. The number of benzene rings is 2. The summed E-state index contributed by atoms with van der Waals surface area (Å²) in [4.78, 5) is 23.6. The quantitative estimate of drug-likeness (QED) is 0.352. The number of carboxylic acids is 1. The lowest BCUT2D eigenvalue weighted by atomic mass is 10.1. The Hall–Kier alpha value is -3.37. The number of aromatic nitrogens is 4. The van der Waals surface area contributed by atoms with Crippen molar-refractivity contribution in [2.75, 3.05) is 23.9 Å². The summed E-state index contributed by atoms with van der Waals surface area (Å²) in [5, 5.41) is 27.0. The average Bonchev–Trinajstić information content (AvgIpc) is 3.34. The van der Waals surface area contributed by atoms with Crippen molar-refractivity contribution in [1.82, 2.24) is 25.5 Å². The van der Waals surface area contributed by atoms with Crippen molar-refractivity contribution in [1.29, 1.82) is 0 Å². The first-order chi connectivity index (χ1) is 16.0. The first-order valence-corrected chi connectivity index (χ1v) is 11.8. The van der Waals surface area contributed by atoms with E-state index in [4.69, 9.17) is 16.7 Å². The molecule has 0 aliphatic heterocycles. The van der Waals surface area contributed by atoms with Crippen LogP contribution < -0.4 is 10.6 Å². The molecule has 0 fully saturated rings. The number of tetrazole rings is 1. The molecule has 1 atom stereocenters. The van der Waals surface area contributed by atoms with Gasteiger partial charge < -0.3 is 15.7 Å². The number of rotatable bonds is 11. The largest absolute Gasteiger partial charge is 0.478 e. The van der Waals surface area contributed by atoms with Gasteiger partial charge in [0.2, 0.25) is 5.91 Å². The number of nitrogens with zero attached hydrogens (tertiary/aromatic N) is 4. The minimum absolute atomic E-state index is 0.118. The van der Waals surface area contributed by atoms with E-state index in [1.54, 1.807) is 48.2 Å².